The summed E-state index contributed by atoms with van der Waals surface area (Å²) in [6.07, 6.45) is -0.392. The van der Waals surface area contributed by atoms with Crippen LogP contribution >= 0.6 is 0 Å². The summed E-state index contributed by atoms with van der Waals surface area (Å²) in [6.45, 7) is 5.01. The third kappa shape index (κ3) is 5.70. The first-order valence-electron chi connectivity index (χ1n) is 8.57. The molecule has 2 rings (SSSR count). The van der Waals surface area contributed by atoms with E-state index in [9.17, 15) is 18.0 Å². The molecule has 1 fully saturated rings. The quantitative estimate of drug-likeness (QED) is 0.784. The second-order valence-corrected chi connectivity index (χ2v) is 7.85. The van der Waals surface area contributed by atoms with Crippen LogP contribution in [0.2, 0.25) is 0 Å². The summed E-state index contributed by atoms with van der Waals surface area (Å²) in [5.41, 5.74) is 0.655. The average Bonchev–Trinajstić information content (AvgIpc) is 2.61. The van der Waals surface area contributed by atoms with Gasteiger partial charge in [0, 0.05) is 26.2 Å². The molecule has 144 valence electrons. The van der Waals surface area contributed by atoms with Crippen LogP contribution in [0, 0.1) is 0 Å². The molecule has 26 heavy (non-hydrogen) atoms. The normalized spacial score (nSPS) is 16.2. The largest absolute Gasteiger partial charge is 0.450 e. The van der Waals surface area contributed by atoms with Gasteiger partial charge in [0.25, 0.3) is 0 Å². The highest BCUT2D eigenvalue weighted by molar-refractivity contribution is 7.88. The number of benzene rings is 1. The molecular formula is C17H25N3O5S. The maximum Gasteiger partial charge on any atom is 0.409 e. The minimum atomic E-state index is -3.63. The van der Waals surface area contributed by atoms with Gasteiger partial charge in [-0.15, -0.1) is 0 Å². The van der Waals surface area contributed by atoms with Crippen LogP contribution in [0.4, 0.5) is 4.79 Å². The summed E-state index contributed by atoms with van der Waals surface area (Å²) < 4.78 is 31.9. The van der Waals surface area contributed by atoms with Crippen molar-refractivity contribution >= 4 is 22.0 Å². The van der Waals surface area contributed by atoms with Crippen molar-refractivity contribution in [2.45, 2.75) is 25.6 Å². The van der Waals surface area contributed by atoms with Crippen LogP contribution in [0.5, 0.6) is 0 Å². The number of hydrogen-bond acceptors (Lipinski definition) is 5. The first-order chi connectivity index (χ1) is 12.3. The molecule has 0 bridgehead atoms. The molecule has 1 aliphatic rings. The van der Waals surface area contributed by atoms with Crippen LogP contribution in [0.25, 0.3) is 0 Å². The summed E-state index contributed by atoms with van der Waals surface area (Å²) in [7, 11) is -3.63. The molecule has 0 saturated carbocycles. The average molecular weight is 383 g/mol. The highest BCUT2D eigenvalue weighted by atomic mass is 32.2. The Kier molecular flexibility index (Phi) is 6.98. The molecule has 0 radical (unpaired) electrons. The van der Waals surface area contributed by atoms with Crippen molar-refractivity contribution < 1.29 is 22.7 Å². The number of carbonyl (C=O) groups excluding carboxylic acids is 2. The Balaban J connectivity index is 1.87. The van der Waals surface area contributed by atoms with Gasteiger partial charge in [-0.1, -0.05) is 30.3 Å². The van der Waals surface area contributed by atoms with E-state index in [1.165, 1.54) is 11.8 Å². The number of carbonyl (C=O) groups is 2. The number of ether oxygens (including phenoxy) is 1. The zero-order chi connectivity index (χ0) is 19.2. The number of piperazine rings is 1. The molecule has 1 heterocycles. The number of hydrogen-bond donors (Lipinski definition) is 1. The Morgan fingerprint density at radius 1 is 1.12 bits per heavy atom. The molecule has 1 aromatic rings. The third-order valence-electron chi connectivity index (χ3n) is 4.04. The zero-order valence-corrected chi connectivity index (χ0v) is 15.9. The Labute approximate surface area is 154 Å². The summed E-state index contributed by atoms with van der Waals surface area (Å²) in [5.74, 6) is -0.479. The fraction of sp³-hybridized carbons (Fsp3) is 0.529. The monoisotopic (exact) mass is 383 g/mol. The molecule has 0 unspecified atom stereocenters. The van der Waals surface area contributed by atoms with Gasteiger partial charge >= 0.3 is 6.09 Å². The second kappa shape index (κ2) is 9.00. The van der Waals surface area contributed by atoms with E-state index in [4.69, 9.17) is 4.74 Å². The molecule has 8 nitrogen and oxygen atoms in total. The van der Waals surface area contributed by atoms with Gasteiger partial charge in [0.15, 0.2) is 0 Å². The van der Waals surface area contributed by atoms with Crippen LogP contribution in [0.15, 0.2) is 30.3 Å². The molecular weight excluding hydrogens is 358 g/mol. The standard InChI is InChI=1S/C17H25N3O5S/c1-3-25-17(22)20-11-9-19(10-12-20)16(21)14(2)18-26(23,24)13-15-7-5-4-6-8-15/h4-8,14,18H,3,9-13H2,1-2H3/t14-/m1/s1. The molecule has 0 spiro atoms. The van der Waals surface area contributed by atoms with Gasteiger partial charge in [-0.05, 0) is 19.4 Å². The Morgan fingerprint density at radius 2 is 1.69 bits per heavy atom. The lowest BCUT2D eigenvalue weighted by atomic mass is 10.2. The van der Waals surface area contributed by atoms with Crippen molar-refractivity contribution in [3.8, 4) is 0 Å². The number of amides is 2. The lowest BCUT2D eigenvalue weighted by molar-refractivity contribution is -0.134. The maximum absolute atomic E-state index is 12.5. The third-order valence-corrected chi connectivity index (χ3v) is 5.47. The van der Waals surface area contributed by atoms with Crippen LogP contribution < -0.4 is 4.72 Å². The van der Waals surface area contributed by atoms with Gasteiger partial charge in [-0.2, -0.15) is 0 Å². The minimum absolute atomic E-state index is 0.178. The van der Waals surface area contributed by atoms with Crippen molar-refractivity contribution in [2.75, 3.05) is 32.8 Å². The highest BCUT2D eigenvalue weighted by Gasteiger charge is 2.29. The number of sulfonamides is 1. The Bertz CT molecular complexity index is 715. The second-order valence-electron chi connectivity index (χ2n) is 6.10. The van der Waals surface area contributed by atoms with Crippen LogP contribution in [0.3, 0.4) is 0 Å². The predicted molar refractivity (Wildman–Crippen MR) is 96.8 cm³/mol. The fourth-order valence-corrected chi connectivity index (χ4v) is 4.11. The number of rotatable bonds is 6. The first-order valence-corrected chi connectivity index (χ1v) is 10.2. The van der Waals surface area contributed by atoms with E-state index < -0.39 is 22.2 Å². The number of nitrogens with one attached hydrogen (secondary N) is 1. The van der Waals surface area contributed by atoms with Crippen molar-refractivity contribution in [3.63, 3.8) is 0 Å². The van der Waals surface area contributed by atoms with Gasteiger partial charge in [-0.25, -0.2) is 17.9 Å². The molecule has 1 saturated heterocycles. The van der Waals surface area contributed by atoms with Crippen molar-refractivity contribution in [1.82, 2.24) is 14.5 Å². The van der Waals surface area contributed by atoms with E-state index in [0.29, 0.717) is 38.3 Å². The smallest absolute Gasteiger partial charge is 0.409 e. The van der Waals surface area contributed by atoms with E-state index in [2.05, 4.69) is 4.72 Å². The minimum Gasteiger partial charge on any atom is -0.450 e. The van der Waals surface area contributed by atoms with Gasteiger partial charge in [0.05, 0.1) is 18.4 Å². The molecule has 1 atom stereocenters. The molecule has 1 aromatic carbocycles. The van der Waals surface area contributed by atoms with Crippen LogP contribution in [-0.2, 0) is 25.3 Å². The molecule has 0 aliphatic carbocycles. The summed E-state index contributed by atoms with van der Waals surface area (Å²) in [5, 5.41) is 0. The highest BCUT2D eigenvalue weighted by Crippen LogP contribution is 2.08. The van der Waals surface area contributed by atoms with Crippen LogP contribution in [-0.4, -0.2) is 69.0 Å². The van der Waals surface area contributed by atoms with Crippen molar-refractivity contribution in [2.24, 2.45) is 0 Å². The fourth-order valence-electron chi connectivity index (χ4n) is 2.75. The summed E-state index contributed by atoms with van der Waals surface area (Å²) in [4.78, 5) is 27.3. The van der Waals surface area contributed by atoms with E-state index in [0.717, 1.165) is 0 Å². The zero-order valence-electron chi connectivity index (χ0n) is 15.1. The van der Waals surface area contributed by atoms with Crippen molar-refractivity contribution in [1.29, 1.82) is 0 Å². The Hall–Kier alpha value is -2.13. The van der Waals surface area contributed by atoms with E-state index in [1.807, 2.05) is 6.07 Å². The number of nitrogens with zero attached hydrogens (tertiary/aromatic N) is 2. The van der Waals surface area contributed by atoms with Gasteiger partial charge in [0.1, 0.15) is 0 Å². The SMILES string of the molecule is CCOC(=O)N1CCN(C(=O)[C@@H](C)NS(=O)(=O)Cc2ccccc2)CC1. The molecule has 1 aliphatic heterocycles. The lowest BCUT2D eigenvalue weighted by Gasteiger charge is -2.35. The Morgan fingerprint density at radius 3 is 2.27 bits per heavy atom. The lowest BCUT2D eigenvalue weighted by Crippen LogP contribution is -2.55. The van der Waals surface area contributed by atoms with E-state index in [1.54, 1.807) is 36.1 Å². The van der Waals surface area contributed by atoms with Gasteiger partial charge < -0.3 is 14.5 Å². The van der Waals surface area contributed by atoms with Crippen molar-refractivity contribution in [3.05, 3.63) is 35.9 Å². The van der Waals surface area contributed by atoms with Crippen LogP contribution in [0.1, 0.15) is 19.4 Å². The van der Waals surface area contributed by atoms with Gasteiger partial charge in [-0.3, -0.25) is 4.79 Å². The molecule has 9 heteroatoms. The van der Waals surface area contributed by atoms with Gasteiger partial charge in [0.2, 0.25) is 15.9 Å². The molecule has 0 aromatic heterocycles. The predicted octanol–water partition coefficient (Wildman–Crippen LogP) is 0.795. The summed E-state index contributed by atoms with van der Waals surface area (Å²) in [6, 6.07) is 7.93. The van der Waals surface area contributed by atoms with E-state index >= 15 is 0 Å². The topological polar surface area (TPSA) is 96.0 Å². The summed E-state index contributed by atoms with van der Waals surface area (Å²) >= 11 is 0. The molecule has 2 amide bonds. The maximum atomic E-state index is 12.5. The molecule has 1 N–H and O–H groups in total. The first kappa shape index (κ1) is 20.2. The van der Waals surface area contributed by atoms with E-state index in [-0.39, 0.29) is 11.7 Å².